The Kier molecular flexibility index (Phi) is 8.29. The van der Waals surface area contributed by atoms with Crippen LogP contribution in [0.4, 0.5) is 0 Å². The van der Waals surface area contributed by atoms with E-state index >= 15 is 0 Å². The normalized spacial score (nSPS) is 20.1. The summed E-state index contributed by atoms with van der Waals surface area (Å²) in [6.07, 6.45) is 3.00. The van der Waals surface area contributed by atoms with Crippen LogP contribution < -0.4 is 0 Å². The number of hydrogen-bond acceptors (Lipinski definition) is 4. The minimum atomic E-state index is -1.81. The van der Waals surface area contributed by atoms with Crippen molar-refractivity contribution in [2.45, 2.75) is 77.2 Å². The minimum absolute atomic E-state index is 0.101. The molecule has 2 atom stereocenters. The first-order chi connectivity index (χ1) is 12.3. The van der Waals surface area contributed by atoms with E-state index in [2.05, 4.69) is 46.0 Å². The molecule has 4 nitrogen and oxygen atoms in total. The third-order valence-corrected chi connectivity index (χ3v) is 9.83. The van der Waals surface area contributed by atoms with Gasteiger partial charge in [0.25, 0.3) is 0 Å². The summed E-state index contributed by atoms with van der Waals surface area (Å²) in [5, 5.41) is 0.184. The van der Waals surface area contributed by atoms with E-state index < -0.39 is 8.32 Å². The van der Waals surface area contributed by atoms with E-state index in [1.165, 1.54) is 5.56 Å². The van der Waals surface area contributed by atoms with Gasteiger partial charge in [-0.15, -0.1) is 0 Å². The molecule has 1 heterocycles. The van der Waals surface area contributed by atoms with Crippen LogP contribution in [0.25, 0.3) is 0 Å². The molecule has 0 N–H and O–H groups in total. The fourth-order valence-corrected chi connectivity index (χ4v) is 3.60. The minimum Gasteiger partial charge on any atom is -0.414 e. The van der Waals surface area contributed by atoms with Gasteiger partial charge in [-0.25, -0.2) is 0 Å². The number of hydrogen-bond donors (Lipinski definition) is 0. The van der Waals surface area contributed by atoms with Crippen LogP contribution in [0.3, 0.4) is 0 Å². The van der Waals surface area contributed by atoms with E-state index in [-0.39, 0.29) is 17.4 Å². The maximum absolute atomic E-state index is 6.38. The predicted octanol–water partition coefficient (Wildman–Crippen LogP) is 5.14. The highest BCUT2D eigenvalue weighted by Gasteiger charge is 2.38. The molecule has 0 saturated carbocycles. The molecule has 1 aliphatic rings. The molecule has 1 fully saturated rings. The average Bonchev–Trinajstić information content (AvgIpc) is 2.60. The molecule has 148 valence electrons. The van der Waals surface area contributed by atoms with Crippen LogP contribution in [-0.4, -0.2) is 40.5 Å². The molecular formula is C21H36O4Si. The van der Waals surface area contributed by atoms with Gasteiger partial charge in [0.1, 0.15) is 6.10 Å². The van der Waals surface area contributed by atoms with Crippen LogP contribution in [0.15, 0.2) is 30.3 Å². The smallest absolute Gasteiger partial charge is 0.192 e. The summed E-state index contributed by atoms with van der Waals surface area (Å²) in [6.45, 7) is 13.8. The SMILES string of the molecule is CC(C)(C)[Si](C)(C)OC[C@H](COCc1ccccc1)OC1CCCCO1. The van der Waals surface area contributed by atoms with E-state index in [9.17, 15) is 0 Å². The standard InChI is InChI=1S/C21H36O4Si/c1-21(2,3)26(4,5)24-17-19(25-20-13-9-10-14-23-20)16-22-15-18-11-7-6-8-12-18/h6-8,11-12,19-20H,9-10,13-17H2,1-5H3/t19-,20?/m0/s1. The second-order valence-corrected chi connectivity index (χ2v) is 13.4. The monoisotopic (exact) mass is 380 g/mol. The van der Waals surface area contributed by atoms with Crippen molar-refractivity contribution in [2.75, 3.05) is 19.8 Å². The Morgan fingerprint density at radius 1 is 1.12 bits per heavy atom. The van der Waals surface area contributed by atoms with Gasteiger partial charge in [-0.2, -0.15) is 0 Å². The van der Waals surface area contributed by atoms with Gasteiger partial charge in [0.2, 0.25) is 0 Å². The molecular weight excluding hydrogens is 344 g/mol. The van der Waals surface area contributed by atoms with Crippen molar-refractivity contribution in [1.82, 2.24) is 0 Å². The molecule has 26 heavy (non-hydrogen) atoms. The van der Waals surface area contributed by atoms with Crippen molar-refractivity contribution in [3.8, 4) is 0 Å². The Morgan fingerprint density at radius 3 is 2.46 bits per heavy atom. The summed E-state index contributed by atoms with van der Waals surface area (Å²) >= 11 is 0. The third kappa shape index (κ3) is 7.12. The lowest BCUT2D eigenvalue weighted by molar-refractivity contribution is -0.204. The first kappa shape index (κ1) is 21.6. The molecule has 0 aliphatic carbocycles. The highest BCUT2D eigenvalue weighted by Crippen LogP contribution is 2.36. The Balaban J connectivity index is 1.87. The quantitative estimate of drug-likeness (QED) is 0.556. The fraction of sp³-hybridized carbons (Fsp3) is 0.714. The summed E-state index contributed by atoms with van der Waals surface area (Å²) < 4.78 is 24.2. The Bertz CT molecular complexity index is 506. The molecule has 1 aliphatic heterocycles. The van der Waals surface area contributed by atoms with Crippen LogP contribution >= 0.6 is 0 Å². The van der Waals surface area contributed by atoms with Crippen molar-refractivity contribution >= 4 is 8.32 Å². The number of rotatable bonds is 9. The topological polar surface area (TPSA) is 36.9 Å². The van der Waals surface area contributed by atoms with E-state index in [1.807, 2.05) is 18.2 Å². The van der Waals surface area contributed by atoms with Crippen LogP contribution in [0, 0.1) is 0 Å². The zero-order valence-electron chi connectivity index (χ0n) is 17.1. The third-order valence-electron chi connectivity index (χ3n) is 5.33. The first-order valence-electron chi connectivity index (χ1n) is 9.80. The molecule has 0 bridgehead atoms. The highest BCUT2D eigenvalue weighted by atomic mass is 28.4. The molecule has 1 aromatic carbocycles. The molecule has 1 unspecified atom stereocenters. The maximum Gasteiger partial charge on any atom is 0.192 e. The lowest BCUT2D eigenvalue weighted by atomic mass is 10.2. The van der Waals surface area contributed by atoms with Gasteiger partial charge in [-0.3, -0.25) is 0 Å². The van der Waals surface area contributed by atoms with E-state index in [0.717, 1.165) is 25.9 Å². The van der Waals surface area contributed by atoms with Crippen molar-refractivity contribution in [3.05, 3.63) is 35.9 Å². The van der Waals surface area contributed by atoms with Gasteiger partial charge in [0.05, 0.1) is 19.8 Å². The lowest BCUT2D eigenvalue weighted by Crippen LogP contribution is -2.44. The molecule has 1 saturated heterocycles. The van der Waals surface area contributed by atoms with Crippen LogP contribution in [0.1, 0.15) is 45.6 Å². The van der Waals surface area contributed by atoms with E-state index in [4.69, 9.17) is 18.6 Å². The molecule has 5 heteroatoms. The summed E-state index contributed by atoms with van der Waals surface area (Å²) in [6, 6.07) is 10.2. The van der Waals surface area contributed by atoms with Gasteiger partial charge in [0.15, 0.2) is 14.6 Å². The van der Waals surface area contributed by atoms with Gasteiger partial charge in [-0.05, 0) is 43.0 Å². The molecule has 0 spiro atoms. The summed E-state index contributed by atoms with van der Waals surface area (Å²) in [4.78, 5) is 0. The summed E-state index contributed by atoms with van der Waals surface area (Å²) in [5.74, 6) is 0. The summed E-state index contributed by atoms with van der Waals surface area (Å²) in [5.41, 5.74) is 1.17. The zero-order valence-corrected chi connectivity index (χ0v) is 18.1. The second kappa shape index (κ2) is 9.99. The van der Waals surface area contributed by atoms with Gasteiger partial charge in [0, 0.05) is 6.61 Å². The van der Waals surface area contributed by atoms with Crippen LogP contribution in [0.2, 0.25) is 18.1 Å². The van der Waals surface area contributed by atoms with Crippen molar-refractivity contribution in [3.63, 3.8) is 0 Å². The second-order valence-electron chi connectivity index (χ2n) is 8.63. The zero-order chi connectivity index (χ0) is 19.0. The van der Waals surface area contributed by atoms with Gasteiger partial charge < -0.3 is 18.6 Å². The first-order valence-corrected chi connectivity index (χ1v) is 12.7. The summed E-state index contributed by atoms with van der Waals surface area (Å²) in [7, 11) is -1.81. The van der Waals surface area contributed by atoms with E-state index in [1.54, 1.807) is 0 Å². The largest absolute Gasteiger partial charge is 0.414 e. The van der Waals surface area contributed by atoms with Crippen molar-refractivity contribution in [1.29, 1.82) is 0 Å². The van der Waals surface area contributed by atoms with Gasteiger partial charge in [-0.1, -0.05) is 51.1 Å². The molecule has 0 amide bonds. The highest BCUT2D eigenvalue weighted by molar-refractivity contribution is 6.74. The Hall–Kier alpha value is -0.723. The lowest BCUT2D eigenvalue weighted by Gasteiger charge is -2.37. The van der Waals surface area contributed by atoms with Crippen molar-refractivity contribution < 1.29 is 18.6 Å². The number of benzene rings is 1. The molecule has 1 aromatic rings. The predicted molar refractivity (Wildman–Crippen MR) is 108 cm³/mol. The van der Waals surface area contributed by atoms with Crippen LogP contribution in [-0.2, 0) is 25.2 Å². The maximum atomic E-state index is 6.38. The average molecular weight is 381 g/mol. The molecule has 0 radical (unpaired) electrons. The fourth-order valence-electron chi connectivity index (χ4n) is 2.56. The Morgan fingerprint density at radius 2 is 1.85 bits per heavy atom. The van der Waals surface area contributed by atoms with Crippen LogP contribution in [0.5, 0.6) is 0 Å². The Labute approximate surface area is 160 Å². The van der Waals surface area contributed by atoms with Crippen molar-refractivity contribution in [2.24, 2.45) is 0 Å². The number of ether oxygens (including phenoxy) is 3. The van der Waals surface area contributed by atoms with Gasteiger partial charge >= 0.3 is 0 Å². The molecule has 0 aromatic heterocycles. The van der Waals surface area contributed by atoms with E-state index in [0.29, 0.717) is 19.8 Å². The molecule has 2 rings (SSSR count).